The van der Waals surface area contributed by atoms with Crippen LogP contribution in [0.5, 0.6) is 5.75 Å². The standard InChI is InChI=1S/C21H17Cl2NO5S/c1-12(20(26)28-2)24-19(25)18(30-21(24)27)10-13-3-6-15(7-4-13)29-11-14-5-8-16(22)17(23)9-14/h3-10,12H,11H2,1-2H3/b18-10+/t12-/m0/s1. The van der Waals surface area contributed by atoms with Gasteiger partial charge < -0.3 is 9.47 Å². The van der Waals surface area contributed by atoms with E-state index < -0.39 is 23.2 Å². The first kappa shape index (κ1) is 22.2. The van der Waals surface area contributed by atoms with Gasteiger partial charge in [-0.05, 0) is 60.2 Å². The SMILES string of the molecule is COC(=O)[C@H](C)N1C(=O)S/C(=C/c2ccc(OCc3ccc(Cl)c(Cl)c3)cc2)C1=O. The molecule has 1 aliphatic rings. The minimum atomic E-state index is -0.981. The Kier molecular flexibility index (Phi) is 7.07. The summed E-state index contributed by atoms with van der Waals surface area (Å²) in [7, 11) is 1.21. The second kappa shape index (κ2) is 9.55. The van der Waals surface area contributed by atoms with Gasteiger partial charge in [-0.1, -0.05) is 41.4 Å². The van der Waals surface area contributed by atoms with E-state index >= 15 is 0 Å². The number of rotatable bonds is 6. The summed E-state index contributed by atoms with van der Waals surface area (Å²) < 4.78 is 10.3. The predicted molar refractivity (Wildman–Crippen MR) is 117 cm³/mol. The second-order valence-corrected chi connectivity index (χ2v) is 8.16. The van der Waals surface area contributed by atoms with Gasteiger partial charge in [0.05, 0.1) is 22.1 Å². The van der Waals surface area contributed by atoms with Crippen molar-refractivity contribution in [3.05, 3.63) is 68.5 Å². The molecule has 0 spiro atoms. The Bertz CT molecular complexity index is 1020. The third-order valence-corrected chi connectivity index (χ3v) is 5.94. The van der Waals surface area contributed by atoms with Crippen LogP contribution in [0.25, 0.3) is 6.08 Å². The maximum Gasteiger partial charge on any atom is 0.328 e. The van der Waals surface area contributed by atoms with Crippen LogP contribution in [-0.2, 0) is 20.9 Å². The highest BCUT2D eigenvalue weighted by Crippen LogP contribution is 2.34. The van der Waals surface area contributed by atoms with Crippen molar-refractivity contribution in [2.45, 2.75) is 19.6 Å². The minimum Gasteiger partial charge on any atom is -0.489 e. The third-order valence-electron chi connectivity index (χ3n) is 4.32. The van der Waals surface area contributed by atoms with Crippen LogP contribution in [0.2, 0.25) is 10.0 Å². The van der Waals surface area contributed by atoms with Crippen molar-refractivity contribution in [1.82, 2.24) is 4.90 Å². The lowest BCUT2D eigenvalue weighted by Gasteiger charge is -2.18. The molecule has 1 saturated heterocycles. The zero-order valence-electron chi connectivity index (χ0n) is 16.1. The van der Waals surface area contributed by atoms with Crippen molar-refractivity contribution >= 4 is 58.2 Å². The maximum absolute atomic E-state index is 12.5. The van der Waals surface area contributed by atoms with Gasteiger partial charge in [0.25, 0.3) is 11.1 Å². The van der Waals surface area contributed by atoms with Crippen molar-refractivity contribution in [2.75, 3.05) is 7.11 Å². The van der Waals surface area contributed by atoms with Crippen molar-refractivity contribution in [2.24, 2.45) is 0 Å². The molecule has 6 nitrogen and oxygen atoms in total. The van der Waals surface area contributed by atoms with Gasteiger partial charge in [-0.15, -0.1) is 0 Å². The van der Waals surface area contributed by atoms with Crippen LogP contribution in [-0.4, -0.2) is 35.2 Å². The molecule has 1 fully saturated rings. The molecule has 2 aromatic carbocycles. The summed E-state index contributed by atoms with van der Waals surface area (Å²) in [5, 5.41) is 0.435. The second-order valence-electron chi connectivity index (χ2n) is 6.36. The lowest BCUT2D eigenvalue weighted by molar-refractivity contribution is -0.148. The first-order valence-corrected chi connectivity index (χ1v) is 10.4. The summed E-state index contributed by atoms with van der Waals surface area (Å²) in [6, 6.07) is 11.3. The van der Waals surface area contributed by atoms with Crippen molar-refractivity contribution in [1.29, 1.82) is 0 Å². The number of carbonyl (C=O) groups is 3. The number of benzene rings is 2. The van der Waals surface area contributed by atoms with E-state index in [1.165, 1.54) is 14.0 Å². The molecule has 1 aliphatic heterocycles. The Morgan fingerprint density at radius 2 is 1.83 bits per heavy atom. The summed E-state index contributed by atoms with van der Waals surface area (Å²) in [5.41, 5.74) is 1.59. The number of thioether (sulfide) groups is 1. The van der Waals surface area contributed by atoms with Gasteiger partial charge in [0, 0.05) is 0 Å². The molecule has 2 aromatic rings. The summed E-state index contributed by atoms with van der Waals surface area (Å²) >= 11 is 12.7. The van der Waals surface area contributed by atoms with Crippen LogP contribution in [0.4, 0.5) is 4.79 Å². The average Bonchev–Trinajstić information content (AvgIpc) is 3.01. The molecule has 0 unspecified atom stereocenters. The molecule has 1 heterocycles. The lowest BCUT2D eigenvalue weighted by Crippen LogP contribution is -2.42. The van der Waals surface area contributed by atoms with Crippen LogP contribution in [0.15, 0.2) is 47.4 Å². The zero-order valence-corrected chi connectivity index (χ0v) is 18.4. The van der Waals surface area contributed by atoms with Crippen LogP contribution >= 0.6 is 35.0 Å². The van der Waals surface area contributed by atoms with E-state index in [0.717, 1.165) is 22.2 Å². The molecule has 0 aromatic heterocycles. The maximum atomic E-state index is 12.5. The number of esters is 1. The number of hydrogen-bond donors (Lipinski definition) is 0. The van der Waals surface area contributed by atoms with Crippen LogP contribution in [0, 0.1) is 0 Å². The van der Waals surface area contributed by atoms with Gasteiger partial charge in [0.15, 0.2) is 0 Å². The van der Waals surface area contributed by atoms with Crippen LogP contribution in [0.3, 0.4) is 0 Å². The van der Waals surface area contributed by atoms with E-state index in [-0.39, 0.29) is 4.91 Å². The highest BCUT2D eigenvalue weighted by atomic mass is 35.5. The molecule has 9 heteroatoms. The number of imide groups is 1. The fourth-order valence-corrected chi connectivity index (χ4v) is 3.93. The predicted octanol–water partition coefficient (Wildman–Crippen LogP) is 5.17. The number of ether oxygens (including phenoxy) is 2. The van der Waals surface area contributed by atoms with E-state index in [1.54, 1.807) is 42.5 Å². The first-order valence-electron chi connectivity index (χ1n) is 8.82. The minimum absolute atomic E-state index is 0.236. The van der Waals surface area contributed by atoms with Gasteiger partial charge >= 0.3 is 5.97 Å². The van der Waals surface area contributed by atoms with E-state index in [2.05, 4.69) is 4.74 Å². The molecule has 0 saturated carbocycles. The zero-order chi connectivity index (χ0) is 21.8. The Morgan fingerprint density at radius 3 is 2.47 bits per heavy atom. The van der Waals surface area contributed by atoms with E-state index in [9.17, 15) is 14.4 Å². The molecule has 30 heavy (non-hydrogen) atoms. The Balaban J connectivity index is 1.66. The quantitative estimate of drug-likeness (QED) is 0.432. The third kappa shape index (κ3) is 4.98. The fourth-order valence-electron chi connectivity index (χ4n) is 2.70. The molecule has 156 valence electrons. The number of carbonyl (C=O) groups excluding carboxylic acids is 3. The number of methoxy groups -OCH3 is 1. The average molecular weight is 466 g/mol. The van der Waals surface area contributed by atoms with Crippen molar-refractivity contribution in [3.8, 4) is 5.75 Å². The summed E-state index contributed by atoms with van der Waals surface area (Å²) in [6.45, 7) is 1.77. The van der Waals surface area contributed by atoms with Crippen molar-refractivity contribution in [3.63, 3.8) is 0 Å². The molecular formula is C21H17Cl2NO5S. The fraction of sp³-hybridized carbons (Fsp3) is 0.190. The summed E-state index contributed by atoms with van der Waals surface area (Å²) in [6.07, 6.45) is 1.59. The van der Waals surface area contributed by atoms with Gasteiger partial charge in [-0.2, -0.15) is 0 Å². The molecule has 3 rings (SSSR count). The van der Waals surface area contributed by atoms with Gasteiger partial charge in [0.1, 0.15) is 18.4 Å². The van der Waals surface area contributed by atoms with Gasteiger partial charge in [0.2, 0.25) is 0 Å². The normalized spacial score (nSPS) is 16.1. The Morgan fingerprint density at radius 1 is 1.13 bits per heavy atom. The largest absolute Gasteiger partial charge is 0.489 e. The number of amides is 2. The first-order chi connectivity index (χ1) is 14.3. The molecule has 0 N–H and O–H groups in total. The van der Waals surface area contributed by atoms with Crippen LogP contribution < -0.4 is 4.74 Å². The molecule has 0 bridgehead atoms. The lowest BCUT2D eigenvalue weighted by atomic mass is 10.2. The van der Waals surface area contributed by atoms with Gasteiger partial charge in [-0.3, -0.25) is 14.5 Å². The van der Waals surface area contributed by atoms with E-state index in [4.69, 9.17) is 27.9 Å². The molecule has 1 atom stereocenters. The number of halogens is 2. The number of hydrogen-bond acceptors (Lipinski definition) is 6. The van der Waals surface area contributed by atoms with Crippen molar-refractivity contribution < 1.29 is 23.9 Å². The summed E-state index contributed by atoms with van der Waals surface area (Å²) in [5.74, 6) is -0.546. The molecular weight excluding hydrogens is 449 g/mol. The van der Waals surface area contributed by atoms with E-state index in [0.29, 0.717) is 28.0 Å². The molecule has 0 aliphatic carbocycles. The summed E-state index contributed by atoms with van der Waals surface area (Å²) in [4.78, 5) is 37.5. The number of nitrogens with zero attached hydrogens (tertiary/aromatic N) is 1. The topological polar surface area (TPSA) is 72.9 Å². The Labute approximate surface area is 187 Å². The molecule has 2 amide bonds. The molecule has 0 radical (unpaired) electrons. The van der Waals surface area contributed by atoms with Crippen LogP contribution in [0.1, 0.15) is 18.1 Å². The highest BCUT2D eigenvalue weighted by Gasteiger charge is 2.41. The van der Waals surface area contributed by atoms with E-state index in [1.807, 2.05) is 6.07 Å². The highest BCUT2D eigenvalue weighted by molar-refractivity contribution is 8.18. The Hall–Kier alpha value is -2.48. The monoisotopic (exact) mass is 465 g/mol. The smallest absolute Gasteiger partial charge is 0.328 e. The van der Waals surface area contributed by atoms with Gasteiger partial charge in [-0.25, -0.2) is 4.79 Å².